The highest BCUT2D eigenvalue weighted by Crippen LogP contribution is 2.23. The number of benzene rings is 1. The van der Waals surface area contributed by atoms with Gasteiger partial charge in [0, 0.05) is 32.2 Å². The van der Waals surface area contributed by atoms with Crippen LogP contribution >= 0.6 is 37.2 Å². The molecule has 26 heavy (non-hydrogen) atoms. The number of rotatable bonds is 9. The number of imidazole rings is 1. The van der Waals surface area contributed by atoms with Crippen LogP contribution in [0.5, 0.6) is 0 Å². The topological polar surface area (TPSA) is 33.5 Å². The molecule has 0 fully saturated rings. The van der Waals surface area contributed by atoms with Gasteiger partial charge in [-0.2, -0.15) is 0 Å². The molecule has 1 aromatic heterocycles. The Bertz CT molecular complexity index is 610. The van der Waals surface area contributed by atoms with Crippen LogP contribution in [0.25, 0.3) is 11.0 Å². The zero-order valence-electron chi connectivity index (χ0n) is 16.3. The van der Waals surface area contributed by atoms with Crippen LogP contribution in [0.3, 0.4) is 0 Å². The van der Waals surface area contributed by atoms with Crippen molar-refractivity contribution in [1.82, 2.24) is 19.4 Å². The summed E-state index contributed by atoms with van der Waals surface area (Å²) in [5, 5.41) is 0. The first-order valence-electron chi connectivity index (χ1n) is 8.35. The molecule has 0 aliphatic carbocycles. The van der Waals surface area contributed by atoms with Gasteiger partial charge in [-0.15, -0.1) is 37.2 Å². The zero-order chi connectivity index (χ0) is 16.8. The Kier molecular flexibility index (Phi) is 14.5. The molecule has 0 saturated heterocycles. The third-order valence-corrected chi connectivity index (χ3v) is 3.88. The predicted molar refractivity (Wildman–Crippen MR) is 118 cm³/mol. The summed E-state index contributed by atoms with van der Waals surface area (Å²) in [6, 6.07) is 8.38. The first kappa shape index (κ1) is 27.7. The van der Waals surface area contributed by atoms with Gasteiger partial charge < -0.3 is 19.1 Å². The third-order valence-electron chi connectivity index (χ3n) is 3.88. The van der Waals surface area contributed by atoms with E-state index in [9.17, 15) is 0 Å². The van der Waals surface area contributed by atoms with Crippen molar-refractivity contribution >= 4 is 48.3 Å². The number of hydrogen-bond donors (Lipinski definition) is 0. The largest absolute Gasteiger partial charge is 0.380 e. The van der Waals surface area contributed by atoms with Crippen molar-refractivity contribution in [2.75, 3.05) is 54.5 Å². The van der Waals surface area contributed by atoms with E-state index in [0.717, 1.165) is 44.2 Å². The van der Waals surface area contributed by atoms with Crippen LogP contribution in [0.1, 0.15) is 18.7 Å². The number of para-hydroxylation sites is 2. The van der Waals surface area contributed by atoms with Crippen molar-refractivity contribution in [2.45, 2.75) is 19.4 Å². The number of aromatic nitrogens is 2. The first-order chi connectivity index (χ1) is 11.0. The summed E-state index contributed by atoms with van der Waals surface area (Å²) in [5.74, 6) is 1.53. The van der Waals surface area contributed by atoms with Crippen LogP contribution < -0.4 is 0 Å². The molecule has 152 valence electrons. The number of halogens is 3. The Balaban J connectivity index is 0. The van der Waals surface area contributed by atoms with Gasteiger partial charge in [0.25, 0.3) is 0 Å². The van der Waals surface area contributed by atoms with Gasteiger partial charge in [0.1, 0.15) is 5.82 Å². The molecule has 0 N–H and O–H groups in total. The maximum absolute atomic E-state index is 5.58. The molecule has 2 rings (SSSR count). The van der Waals surface area contributed by atoms with E-state index in [2.05, 4.69) is 66.8 Å². The monoisotopic (exact) mass is 426 g/mol. The van der Waals surface area contributed by atoms with Crippen molar-refractivity contribution in [3.05, 3.63) is 30.1 Å². The summed E-state index contributed by atoms with van der Waals surface area (Å²) in [6.07, 6.45) is 0. The Hall–Kier alpha value is -0.560. The number of nitrogens with zero attached hydrogens (tertiary/aromatic N) is 4. The molecule has 0 aliphatic heterocycles. The van der Waals surface area contributed by atoms with Crippen molar-refractivity contribution in [3.63, 3.8) is 0 Å². The molecular weight excluding hydrogens is 395 g/mol. The van der Waals surface area contributed by atoms with Gasteiger partial charge in [-0.05, 0) is 47.2 Å². The van der Waals surface area contributed by atoms with E-state index in [-0.39, 0.29) is 37.2 Å². The summed E-state index contributed by atoms with van der Waals surface area (Å²) < 4.78 is 7.92. The molecule has 0 bridgehead atoms. The summed E-state index contributed by atoms with van der Waals surface area (Å²) in [6.45, 7) is 6.32. The van der Waals surface area contributed by atoms with E-state index >= 15 is 0 Å². The second kappa shape index (κ2) is 13.6. The lowest BCUT2D eigenvalue weighted by molar-refractivity contribution is 0.138. The molecule has 0 radical (unpaired) electrons. The minimum absolute atomic E-state index is 0. The van der Waals surface area contributed by atoms with Crippen LogP contribution in [0, 0.1) is 0 Å². The van der Waals surface area contributed by atoms with Crippen LogP contribution in [-0.2, 0) is 11.3 Å². The normalized spacial score (nSPS) is 10.8. The molecule has 0 amide bonds. The SMILES string of the molecule is CCOCCn1c(C(CN(C)C)CN(C)C)nc2ccccc21.Cl.Cl.Cl. The highest BCUT2D eigenvalue weighted by molar-refractivity contribution is 5.86. The van der Waals surface area contributed by atoms with Gasteiger partial charge in [0.05, 0.1) is 17.6 Å². The van der Waals surface area contributed by atoms with Gasteiger partial charge in [0.2, 0.25) is 0 Å². The fraction of sp³-hybridized carbons (Fsp3) is 0.611. The minimum Gasteiger partial charge on any atom is -0.380 e. The van der Waals surface area contributed by atoms with Gasteiger partial charge in [-0.25, -0.2) is 4.98 Å². The van der Waals surface area contributed by atoms with Gasteiger partial charge in [-0.1, -0.05) is 12.1 Å². The summed E-state index contributed by atoms with van der Waals surface area (Å²) >= 11 is 0. The predicted octanol–water partition coefficient (Wildman–Crippen LogP) is 3.55. The van der Waals surface area contributed by atoms with Crippen LogP contribution in [-0.4, -0.2) is 73.8 Å². The summed E-state index contributed by atoms with van der Waals surface area (Å²) in [5.41, 5.74) is 2.27. The number of fused-ring (bicyclic) bond motifs is 1. The van der Waals surface area contributed by atoms with Gasteiger partial charge >= 0.3 is 0 Å². The smallest absolute Gasteiger partial charge is 0.115 e. The standard InChI is InChI=1S/C18H30N4O.3ClH/c1-6-23-12-11-22-17-10-8-7-9-16(17)19-18(22)15(13-20(2)3)14-21(4)5;;;/h7-10,15H,6,11-14H2,1-5H3;3*1H. The Morgan fingerprint density at radius 1 is 1.00 bits per heavy atom. The number of likely N-dealkylation sites (N-methyl/N-ethyl adjacent to an activating group) is 2. The minimum atomic E-state index is 0. The van der Waals surface area contributed by atoms with Crippen molar-refractivity contribution in [3.8, 4) is 0 Å². The molecule has 2 aromatic rings. The van der Waals surface area contributed by atoms with E-state index < -0.39 is 0 Å². The number of ether oxygens (including phenoxy) is 1. The maximum Gasteiger partial charge on any atom is 0.115 e. The fourth-order valence-electron chi connectivity index (χ4n) is 3.04. The average molecular weight is 428 g/mol. The molecule has 0 unspecified atom stereocenters. The van der Waals surface area contributed by atoms with Gasteiger partial charge in [0.15, 0.2) is 0 Å². The van der Waals surface area contributed by atoms with Crippen molar-refractivity contribution < 1.29 is 4.74 Å². The fourth-order valence-corrected chi connectivity index (χ4v) is 3.04. The Labute approximate surface area is 176 Å². The Morgan fingerprint density at radius 2 is 1.58 bits per heavy atom. The molecule has 5 nitrogen and oxygen atoms in total. The lowest BCUT2D eigenvalue weighted by atomic mass is 10.1. The molecule has 0 spiro atoms. The van der Waals surface area contributed by atoms with Gasteiger partial charge in [-0.3, -0.25) is 0 Å². The molecule has 1 heterocycles. The number of hydrogen-bond acceptors (Lipinski definition) is 4. The molecule has 0 atom stereocenters. The van der Waals surface area contributed by atoms with Crippen LogP contribution in [0.2, 0.25) is 0 Å². The second-order valence-corrected chi connectivity index (χ2v) is 6.53. The van der Waals surface area contributed by atoms with E-state index in [1.54, 1.807) is 0 Å². The lowest BCUT2D eigenvalue weighted by Gasteiger charge is -2.24. The molecule has 1 aromatic carbocycles. The maximum atomic E-state index is 5.58. The van der Waals surface area contributed by atoms with E-state index in [4.69, 9.17) is 9.72 Å². The van der Waals surface area contributed by atoms with E-state index in [0.29, 0.717) is 5.92 Å². The van der Waals surface area contributed by atoms with Crippen LogP contribution in [0.15, 0.2) is 24.3 Å². The second-order valence-electron chi connectivity index (χ2n) is 6.53. The summed E-state index contributed by atoms with van der Waals surface area (Å²) in [7, 11) is 8.48. The highest BCUT2D eigenvalue weighted by Gasteiger charge is 2.21. The molecular formula is C18H33Cl3N4O. The molecule has 0 aliphatic rings. The first-order valence-corrected chi connectivity index (χ1v) is 8.35. The highest BCUT2D eigenvalue weighted by atomic mass is 35.5. The van der Waals surface area contributed by atoms with E-state index in [1.807, 2.05) is 6.92 Å². The zero-order valence-corrected chi connectivity index (χ0v) is 18.8. The summed E-state index contributed by atoms with van der Waals surface area (Å²) in [4.78, 5) is 9.42. The quantitative estimate of drug-likeness (QED) is 0.573. The molecule has 8 heteroatoms. The van der Waals surface area contributed by atoms with Crippen molar-refractivity contribution in [2.24, 2.45) is 0 Å². The Morgan fingerprint density at radius 3 is 2.12 bits per heavy atom. The third kappa shape index (κ3) is 7.59. The van der Waals surface area contributed by atoms with Crippen LogP contribution in [0.4, 0.5) is 0 Å². The van der Waals surface area contributed by atoms with Crippen molar-refractivity contribution in [1.29, 1.82) is 0 Å². The lowest BCUT2D eigenvalue weighted by Crippen LogP contribution is -2.31. The average Bonchev–Trinajstić information content (AvgIpc) is 2.85. The van der Waals surface area contributed by atoms with E-state index in [1.165, 1.54) is 5.52 Å². The molecule has 0 saturated carbocycles.